The number of benzene rings is 2. The van der Waals surface area contributed by atoms with E-state index in [1.807, 2.05) is 29.2 Å². The van der Waals surface area contributed by atoms with E-state index < -0.39 is 0 Å². The number of likely N-dealkylation sites (N-methyl/N-ethyl adjacent to an activating group) is 1. The number of methoxy groups -OCH3 is 1. The monoisotopic (exact) mass is 422 g/mol. The summed E-state index contributed by atoms with van der Waals surface area (Å²) in [6, 6.07) is 12.4. The first-order chi connectivity index (χ1) is 15.1. The van der Waals surface area contributed by atoms with Crippen LogP contribution >= 0.6 is 0 Å². The number of carbonyl (C=O) groups excluding carboxylic acids is 2. The van der Waals surface area contributed by atoms with Gasteiger partial charge in [0.25, 0.3) is 5.91 Å². The SMILES string of the molecule is CCN1CCN(C(=O)COc2ccc3c(c2)OC(=Cc2ccc(OC)cc2)C3=O)CC1. The summed E-state index contributed by atoms with van der Waals surface area (Å²) < 4.78 is 16.6. The van der Waals surface area contributed by atoms with Crippen molar-refractivity contribution in [1.82, 2.24) is 9.80 Å². The number of nitrogens with zero attached hydrogens (tertiary/aromatic N) is 2. The highest BCUT2D eigenvalue weighted by atomic mass is 16.5. The number of rotatable bonds is 6. The predicted molar refractivity (Wildman–Crippen MR) is 117 cm³/mol. The molecule has 4 rings (SSSR count). The number of hydrogen-bond acceptors (Lipinski definition) is 6. The lowest BCUT2D eigenvalue weighted by molar-refractivity contribution is -0.135. The van der Waals surface area contributed by atoms with Crippen molar-refractivity contribution >= 4 is 17.8 Å². The van der Waals surface area contributed by atoms with Crippen molar-refractivity contribution in [1.29, 1.82) is 0 Å². The van der Waals surface area contributed by atoms with Crippen molar-refractivity contribution in [3.05, 3.63) is 59.4 Å². The maximum Gasteiger partial charge on any atom is 0.260 e. The summed E-state index contributed by atoms with van der Waals surface area (Å²) in [7, 11) is 1.60. The third kappa shape index (κ3) is 4.72. The van der Waals surface area contributed by atoms with E-state index in [1.165, 1.54) is 0 Å². The molecule has 0 radical (unpaired) electrons. The van der Waals surface area contributed by atoms with Crippen LogP contribution in [0.4, 0.5) is 0 Å². The zero-order valence-electron chi connectivity index (χ0n) is 17.8. The molecule has 2 heterocycles. The number of carbonyl (C=O) groups is 2. The second kappa shape index (κ2) is 9.22. The second-order valence-corrected chi connectivity index (χ2v) is 7.47. The molecule has 31 heavy (non-hydrogen) atoms. The van der Waals surface area contributed by atoms with Crippen LogP contribution in [0.2, 0.25) is 0 Å². The summed E-state index contributed by atoms with van der Waals surface area (Å²) in [5.41, 5.74) is 1.32. The first-order valence-corrected chi connectivity index (χ1v) is 10.4. The summed E-state index contributed by atoms with van der Waals surface area (Å²) in [6.45, 7) is 6.31. The molecular formula is C24H26N2O5. The largest absolute Gasteiger partial charge is 0.497 e. The Bertz CT molecular complexity index is 992. The molecule has 1 saturated heterocycles. The average molecular weight is 422 g/mol. The molecule has 0 bridgehead atoms. The number of ketones is 1. The van der Waals surface area contributed by atoms with Crippen molar-refractivity contribution in [2.75, 3.05) is 46.4 Å². The molecule has 1 amide bonds. The molecule has 7 nitrogen and oxygen atoms in total. The van der Waals surface area contributed by atoms with E-state index in [9.17, 15) is 9.59 Å². The van der Waals surface area contributed by atoms with Gasteiger partial charge in [0.2, 0.25) is 5.78 Å². The Morgan fingerprint density at radius 2 is 1.77 bits per heavy atom. The number of fused-ring (bicyclic) bond motifs is 1. The third-order valence-corrected chi connectivity index (χ3v) is 5.59. The number of allylic oxidation sites excluding steroid dienone is 1. The van der Waals surface area contributed by atoms with Gasteiger partial charge in [0.1, 0.15) is 17.2 Å². The minimum atomic E-state index is -0.178. The highest BCUT2D eigenvalue weighted by Gasteiger charge is 2.28. The lowest BCUT2D eigenvalue weighted by atomic mass is 10.1. The number of ether oxygens (including phenoxy) is 3. The van der Waals surface area contributed by atoms with Gasteiger partial charge < -0.3 is 24.0 Å². The predicted octanol–water partition coefficient (Wildman–Crippen LogP) is 2.85. The van der Waals surface area contributed by atoms with E-state index in [1.54, 1.807) is 31.4 Å². The van der Waals surface area contributed by atoms with Crippen molar-refractivity contribution in [3.8, 4) is 17.2 Å². The molecule has 0 aliphatic carbocycles. The number of hydrogen-bond donors (Lipinski definition) is 0. The maximum absolute atomic E-state index is 12.6. The normalized spacial score (nSPS) is 17.4. The molecule has 0 aromatic heterocycles. The van der Waals surface area contributed by atoms with Crippen LogP contribution in [-0.4, -0.2) is 67.9 Å². The molecular weight excluding hydrogens is 396 g/mol. The van der Waals surface area contributed by atoms with E-state index in [0.29, 0.717) is 17.1 Å². The van der Waals surface area contributed by atoms with Crippen LogP contribution in [0, 0.1) is 0 Å². The lowest BCUT2D eigenvalue weighted by Gasteiger charge is -2.33. The Morgan fingerprint density at radius 3 is 2.45 bits per heavy atom. The summed E-state index contributed by atoms with van der Waals surface area (Å²) >= 11 is 0. The van der Waals surface area contributed by atoms with Crippen molar-refractivity contribution in [2.24, 2.45) is 0 Å². The Morgan fingerprint density at radius 1 is 1.06 bits per heavy atom. The van der Waals surface area contributed by atoms with Crippen molar-refractivity contribution in [2.45, 2.75) is 6.92 Å². The fraction of sp³-hybridized carbons (Fsp3) is 0.333. The molecule has 0 unspecified atom stereocenters. The van der Waals surface area contributed by atoms with Crippen LogP contribution in [0.5, 0.6) is 17.2 Å². The molecule has 2 aliphatic rings. The molecule has 1 fully saturated rings. The van der Waals surface area contributed by atoms with E-state index in [4.69, 9.17) is 14.2 Å². The summed E-state index contributed by atoms with van der Waals surface area (Å²) in [5, 5.41) is 0. The van der Waals surface area contributed by atoms with Crippen LogP contribution in [0.1, 0.15) is 22.8 Å². The zero-order chi connectivity index (χ0) is 21.8. The molecule has 7 heteroatoms. The van der Waals surface area contributed by atoms with Crippen LogP contribution in [0.15, 0.2) is 48.2 Å². The van der Waals surface area contributed by atoms with Crippen molar-refractivity contribution < 1.29 is 23.8 Å². The molecule has 2 aliphatic heterocycles. The van der Waals surface area contributed by atoms with Gasteiger partial charge in [-0.2, -0.15) is 0 Å². The Kier molecular flexibility index (Phi) is 6.23. The smallest absolute Gasteiger partial charge is 0.260 e. The van der Waals surface area contributed by atoms with Crippen LogP contribution in [-0.2, 0) is 4.79 Å². The Balaban J connectivity index is 1.38. The minimum absolute atomic E-state index is 0.0339. The Labute approximate surface area is 181 Å². The van der Waals surface area contributed by atoms with Gasteiger partial charge in [-0.15, -0.1) is 0 Å². The lowest BCUT2D eigenvalue weighted by Crippen LogP contribution is -2.49. The fourth-order valence-electron chi connectivity index (χ4n) is 3.66. The van der Waals surface area contributed by atoms with Crippen LogP contribution < -0.4 is 14.2 Å². The summed E-state index contributed by atoms with van der Waals surface area (Å²) in [5.74, 6) is 1.72. The molecule has 0 N–H and O–H groups in total. The summed E-state index contributed by atoms with van der Waals surface area (Å²) in [6.07, 6.45) is 1.70. The number of piperazine rings is 1. The Hall–Kier alpha value is -3.32. The van der Waals surface area contributed by atoms with Gasteiger partial charge >= 0.3 is 0 Å². The van der Waals surface area contributed by atoms with Gasteiger partial charge in [-0.05, 0) is 42.4 Å². The highest BCUT2D eigenvalue weighted by molar-refractivity contribution is 6.14. The number of Topliss-reactive ketones (excluding diaryl/α,β-unsaturated/α-hetero) is 1. The topological polar surface area (TPSA) is 68.3 Å². The van der Waals surface area contributed by atoms with Gasteiger partial charge in [0, 0.05) is 32.2 Å². The van der Waals surface area contributed by atoms with Gasteiger partial charge in [0.05, 0.1) is 12.7 Å². The molecule has 162 valence electrons. The van der Waals surface area contributed by atoms with Crippen LogP contribution in [0.25, 0.3) is 6.08 Å². The van der Waals surface area contributed by atoms with E-state index >= 15 is 0 Å². The average Bonchev–Trinajstić information content (AvgIpc) is 3.12. The quantitative estimate of drug-likeness (QED) is 0.667. The molecule has 0 spiro atoms. The second-order valence-electron chi connectivity index (χ2n) is 7.47. The van der Waals surface area contributed by atoms with Gasteiger partial charge in [0.15, 0.2) is 12.4 Å². The molecule has 0 atom stereocenters. The van der Waals surface area contributed by atoms with Gasteiger partial charge in [-0.25, -0.2) is 0 Å². The fourth-order valence-corrected chi connectivity index (χ4v) is 3.66. The molecule has 0 saturated carbocycles. The zero-order valence-corrected chi connectivity index (χ0v) is 17.8. The highest BCUT2D eigenvalue weighted by Crippen LogP contribution is 2.35. The van der Waals surface area contributed by atoms with E-state index in [0.717, 1.165) is 44.0 Å². The van der Waals surface area contributed by atoms with E-state index in [-0.39, 0.29) is 24.1 Å². The van der Waals surface area contributed by atoms with Crippen molar-refractivity contribution in [3.63, 3.8) is 0 Å². The van der Waals surface area contributed by atoms with Gasteiger partial charge in [-0.1, -0.05) is 19.1 Å². The first kappa shape index (κ1) is 20.9. The first-order valence-electron chi connectivity index (χ1n) is 10.4. The number of amides is 1. The van der Waals surface area contributed by atoms with Crippen LogP contribution in [0.3, 0.4) is 0 Å². The molecule has 2 aromatic carbocycles. The maximum atomic E-state index is 12.6. The molecule has 2 aromatic rings. The standard InChI is InChI=1S/C24H26N2O5/c1-3-25-10-12-26(13-11-25)23(27)16-30-19-8-9-20-21(15-19)31-22(24(20)28)14-17-4-6-18(29-2)7-5-17/h4-9,14-15H,3,10-13,16H2,1-2H3. The third-order valence-electron chi connectivity index (χ3n) is 5.59. The minimum Gasteiger partial charge on any atom is -0.497 e. The van der Waals surface area contributed by atoms with Gasteiger partial charge in [-0.3, -0.25) is 9.59 Å². The van der Waals surface area contributed by atoms with E-state index in [2.05, 4.69) is 11.8 Å². The summed E-state index contributed by atoms with van der Waals surface area (Å²) in [4.78, 5) is 29.2.